The van der Waals surface area contributed by atoms with Crippen LogP contribution in [0.3, 0.4) is 0 Å². The summed E-state index contributed by atoms with van der Waals surface area (Å²) < 4.78 is 2.30. The summed E-state index contributed by atoms with van der Waals surface area (Å²) in [4.78, 5) is 0. The van der Waals surface area contributed by atoms with Gasteiger partial charge in [-0.1, -0.05) is 36.4 Å². The van der Waals surface area contributed by atoms with Gasteiger partial charge in [0.2, 0.25) is 11.0 Å². The molecule has 2 heteroatoms. The minimum atomic E-state index is 0. The van der Waals surface area contributed by atoms with E-state index in [9.17, 15) is 0 Å². The summed E-state index contributed by atoms with van der Waals surface area (Å²) >= 11 is 0. The number of aromatic nitrogens is 1. The maximum atomic E-state index is 2.30. The zero-order valence-corrected chi connectivity index (χ0v) is 14.3. The van der Waals surface area contributed by atoms with Gasteiger partial charge in [-0.3, -0.25) is 0 Å². The van der Waals surface area contributed by atoms with E-state index in [1.165, 1.54) is 38.1 Å². The van der Waals surface area contributed by atoms with Crippen LogP contribution in [0.4, 0.5) is 0 Å². The topological polar surface area (TPSA) is 3.88 Å². The third kappa shape index (κ3) is 2.01. The molecule has 0 bridgehead atoms. The van der Waals surface area contributed by atoms with Gasteiger partial charge in [-0.2, -0.15) is 4.57 Å². The van der Waals surface area contributed by atoms with Gasteiger partial charge >= 0.3 is 0 Å². The second-order valence-electron chi connectivity index (χ2n) is 5.38. The lowest BCUT2D eigenvalue weighted by Crippen LogP contribution is -3.00. The first-order valence-corrected chi connectivity index (χ1v) is 6.96. The lowest BCUT2D eigenvalue weighted by atomic mass is 9.98. The molecule has 0 N–H and O–H groups in total. The number of fused-ring (bicyclic) bond motifs is 4. The summed E-state index contributed by atoms with van der Waals surface area (Å²) in [6, 6.07) is 21.7. The van der Waals surface area contributed by atoms with E-state index in [2.05, 4.69) is 79.2 Å². The van der Waals surface area contributed by atoms with Crippen molar-refractivity contribution in [1.29, 1.82) is 0 Å². The van der Waals surface area contributed by atoms with Gasteiger partial charge in [0.25, 0.3) is 0 Å². The Balaban J connectivity index is 0.00000132. The molecular formula is C19H16IN. The summed E-state index contributed by atoms with van der Waals surface area (Å²) in [5.74, 6) is 0. The average Bonchev–Trinajstić information content (AvgIpc) is 2.51. The first kappa shape index (κ1) is 14.3. The SMILES string of the molecule is Cc1c2ccccc2[n+](C)c2ccc3ccccc3c12.[I-]. The third-order valence-corrected chi connectivity index (χ3v) is 4.31. The number of hydrogen-bond donors (Lipinski definition) is 0. The highest BCUT2D eigenvalue weighted by Crippen LogP contribution is 2.30. The molecule has 0 aliphatic heterocycles. The van der Waals surface area contributed by atoms with Crippen LogP contribution in [0.5, 0.6) is 0 Å². The van der Waals surface area contributed by atoms with Gasteiger partial charge in [0, 0.05) is 17.5 Å². The molecule has 1 aromatic heterocycles. The Morgan fingerprint density at radius 3 is 2.19 bits per heavy atom. The Kier molecular flexibility index (Phi) is 3.57. The van der Waals surface area contributed by atoms with Gasteiger partial charge in [-0.05, 0) is 35.4 Å². The van der Waals surface area contributed by atoms with Crippen LogP contribution in [-0.2, 0) is 7.05 Å². The van der Waals surface area contributed by atoms with Gasteiger partial charge in [0.05, 0.1) is 5.39 Å². The maximum Gasteiger partial charge on any atom is 0.213 e. The van der Waals surface area contributed by atoms with Gasteiger partial charge < -0.3 is 24.0 Å². The van der Waals surface area contributed by atoms with Crippen molar-refractivity contribution < 1.29 is 28.5 Å². The van der Waals surface area contributed by atoms with E-state index >= 15 is 0 Å². The molecule has 1 heterocycles. The second kappa shape index (κ2) is 5.26. The summed E-state index contributed by atoms with van der Waals surface area (Å²) in [5.41, 5.74) is 3.94. The van der Waals surface area contributed by atoms with Crippen LogP contribution >= 0.6 is 0 Å². The highest BCUT2D eigenvalue weighted by Gasteiger charge is 2.16. The van der Waals surface area contributed by atoms with E-state index in [0.717, 1.165) is 0 Å². The minimum absolute atomic E-state index is 0. The van der Waals surface area contributed by atoms with Crippen molar-refractivity contribution in [3.05, 3.63) is 66.2 Å². The van der Waals surface area contributed by atoms with Crippen LogP contribution in [0.1, 0.15) is 5.56 Å². The number of benzene rings is 3. The smallest absolute Gasteiger partial charge is 0.213 e. The van der Waals surface area contributed by atoms with Crippen molar-refractivity contribution in [2.75, 3.05) is 0 Å². The largest absolute Gasteiger partial charge is 1.00 e. The first-order chi connectivity index (χ1) is 9.77. The minimum Gasteiger partial charge on any atom is -1.00 e. The fourth-order valence-corrected chi connectivity index (χ4v) is 3.28. The highest BCUT2D eigenvalue weighted by molar-refractivity contribution is 6.10. The molecule has 0 aliphatic rings. The van der Waals surface area contributed by atoms with Gasteiger partial charge in [-0.25, -0.2) is 0 Å². The Hall–Kier alpha value is -1.68. The maximum absolute atomic E-state index is 2.30. The number of rotatable bonds is 0. The molecule has 21 heavy (non-hydrogen) atoms. The quantitative estimate of drug-likeness (QED) is 0.186. The van der Waals surface area contributed by atoms with E-state index in [-0.39, 0.29) is 24.0 Å². The van der Waals surface area contributed by atoms with E-state index in [1.54, 1.807) is 0 Å². The summed E-state index contributed by atoms with van der Waals surface area (Å²) in [5, 5.41) is 5.34. The predicted molar refractivity (Wildman–Crippen MR) is 84.9 cm³/mol. The van der Waals surface area contributed by atoms with Crippen LogP contribution in [0.25, 0.3) is 32.6 Å². The van der Waals surface area contributed by atoms with Crippen molar-refractivity contribution in [3.63, 3.8) is 0 Å². The lowest BCUT2D eigenvalue weighted by molar-refractivity contribution is -0.617. The normalized spacial score (nSPS) is 11.0. The van der Waals surface area contributed by atoms with Crippen LogP contribution in [0.15, 0.2) is 60.7 Å². The fourth-order valence-electron chi connectivity index (χ4n) is 3.28. The molecule has 4 aromatic rings. The van der Waals surface area contributed by atoms with Crippen molar-refractivity contribution in [1.82, 2.24) is 0 Å². The number of hydrogen-bond acceptors (Lipinski definition) is 0. The van der Waals surface area contributed by atoms with Gasteiger partial charge in [-0.15, -0.1) is 0 Å². The molecule has 104 valence electrons. The first-order valence-electron chi connectivity index (χ1n) is 6.96. The number of para-hydroxylation sites is 1. The molecule has 0 spiro atoms. The Bertz CT molecular complexity index is 973. The molecule has 0 saturated heterocycles. The molecule has 0 atom stereocenters. The highest BCUT2D eigenvalue weighted by atomic mass is 127. The average molecular weight is 385 g/mol. The van der Waals surface area contributed by atoms with Crippen molar-refractivity contribution in [3.8, 4) is 0 Å². The fraction of sp³-hybridized carbons (Fsp3) is 0.105. The number of pyridine rings is 1. The molecule has 4 rings (SSSR count). The third-order valence-electron chi connectivity index (χ3n) is 4.31. The number of nitrogens with zero attached hydrogens (tertiary/aromatic N) is 1. The van der Waals surface area contributed by atoms with Crippen molar-refractivity contribution in [2.45, 2.75) is 6.92 Å². The molecule has 0 amide bonds. The van der Waals surface area contributed by atoms with E-state index in [4.69, 9.17) is 0 Å². The summed E-state index contributed by atoms with van der Waals surface area (Å²) in [7, 11) is 2.15. The molecular weight excluding hydrogens is 369 g/mol. The monoisotopic (exact) mass is 385 g/mol. The van der Waals surface area contributed by atoms with Crippen molar-refractivity contribution >= 4 is 32.6 Å². The second-order valence-corrected chi connectivity index (χ2v) is 5.38. The molecule has 0 fully saturated rings. The summed E-state index contributed by atoms with van der Waals surface area (Å²) in [6.45, 7) is 2.23. The van der Waals surface area contributed by atoms with Crippen LogP contribution < -0.4 is 28.5 Å². The molecule has 0 unspecified atom stereocenters. The Morgan fingerprint density at radius 1 is 0.714 bits per heavy atom. The van der Waals surface area contributed by atoms with Crippen LogP contribution in [0, 0.1) is 6.92 Å². The van der Waals surface area contributed by atoms with E-state index in [1.807, 2.05) is 0 Å². The zero-order chi connectivity index (χ0) is 13.7. The van der Waals surface area contributed by atoms with Crippen LogP contribution in [-0.4, -0.2) is 0 Å². The zero-order valence-electron chi connectivity index (χ0n) is 12.1. The number of halogens is 1. The lowest BCUT2D eigenvalue weighted by Gasteiger charge is -2.09. The summed E-state index contributed by atoms with van der Waals surface area (Å²) in [6.07, 6.45) is 0. The van der Waals surface area contributed by atoms with Gasteiger partial charge in [0.15, 0.2) is 0 Å². The molecule has 1 nitrogen and oxygen atoms in total. The predicted octanol–water partition coefficient (Wildman–Crippen LogP) is 1.28. The van der Waals surface area contributed by atoms with Crippen LogP contribution in [0.2, 0.25) is 0 Å². The van der Waals surface area contributed by atoms with E-state index < -0.39 is 0 Å². The Labute approximate surface area is 141 Å². The standard InChI is InChI=1S/C19H16N.HI/c1-13-15-8-5-6-10-17(15)20(2)18-12-11-14-7-3-4-9-16(14)19(13)18;/h3-12H,1-2H3;1H/q+1;/p-1. The molecule has 0 radical (unpaired) electrons. The molecule has 0 aliphatic carbocycles. The Morgan fingerprint density at radius 2 is 1.38 bits per heavy atom. The van der Waals surface area contributed by atoms with E-state index in [0.29, 0.717) is 0 Å². The molecule has 0 saturated carbocycles. The van der Waals surface area contributed by atoms with Gasteiger partial charge in [0.1, 0.15) is 7.05 Å². The van der Waals surface area contributed by atoms with Crippen molar-refractivity contribution in [2.24, 2.45) is 7.05 Å². The molecule has 3 aromatic carbocycles. The number of aryl methyl sites for hydroxylation is 2.